The van der Waals surface area contributed by atoms with Gasteiger partial charge in [0.1, 0.15) is 5.75 Å². The molecule has 0 bridgehead atoms. The zero-order valence-corrected chi connectivity index (χ0v) is 12.9. The maximum absolute atomic E-state index is 6.32. The van der Waals surface area contributed by atoms with Crippen molar-refractivity contribution in [3.8, 4) is 5.75 Å². The van der Waals surface area contributed by atoms with Gasteiger partial charge in [0, 0.05) is 29.2 Å². The van der Waals surface area contributed by atoms with Gasteiger partial charge in [-0.05, 0) is 25.5 Å². The second kappa shape index (κ2) is 6.31. The second-order valence-corrected chi connectivity index (χ2v) is 5.76. The van der Waals surface area contributed by atoms with Crippen LogP contribution in [0.1, 0.15) is 35.1 Å². The summed E-state index contributed by atoms with van der Waals surface area (Å²) in [6.07, 6.45) is -0.0448. The van der Waals surface area contributed by atoms with E-state index in [1.807, 2.05) is 19.9 Å². The molecule has 0 aromatic heterocycles. The van der Waals surface area contributed by atoms with E-state index in [-0.39, 0.29) is 11.5 Å². The van der Waals surface area contributed by atoms with E-state index in [1.54, 1.807) is 7.11 Å². The van der Waals surface area contributed by atoms with Crippen LogP contribution in [-0.2, 0) is 4.74 Å². The number of rotatable bonds is 3. The van der Waals surface area contributed by atoms with Crippen molar-refractivity contribution in [1.29, 1.82) is 0 Å². The Labute approximate surface area is 124 Å². The molecule has 2 unspecified atom stereocenters. The van der Waals surface area contributed by atoms with Crippen LogP contribution in [-0.4, -0.2) is 26.8 Å². The predicted molar refractivity (Wildman–Crippen MR) is 78.6 cm³/mol. The highest BCUT2D eigenvalue weighted by Crippen LogP contribution is 2.41. The fourth-order valence-electron chi connectivity index (χ4n) is 2.43. The molecule has 0 aliphatic carbocycles. The quantitative estimate of drug-likeness (QED) is 0.865. The predicted octanol–water partition coefficient (Wildman–Crippen LogP) is 3.62. The number of benzene rings is 1. The minimum Gasteiger partial charge on any atom is -0.496 e. The molecule has 19 heavy (non-hydrogen) atoms. The number of hydrogen-bond acceptors (Lipinski definition) is 3. The Hall–Kier alpha value is -0.480. The van der Waals surface area contributed by atoms with Gasteiger partial charge >= 0.3 is 0 Å². The molecule has 2 rings (SSSR count). The molecule has 0 amide bonds. The van der Waals surface area contributed by atoms with E-state index in [0.717, 1.165) is 35.5 Å². The average molecular weight is 304 g/mol. The van der Waals surface area contributed by atoms with Crippen molar-refractivity contribution in [3.05, 3.63) is 27.8 Å². The molecule has 0 saturated carbocycles. The molecule has 1 aromatic rings. The maximum atomic E-state index is 6.32. The average Bonchev–Trinajstić information content (AvgIpc) is 2.41. The lowest BCUT2D eigenvalue weighted by atomic mass is 9.96. The van der Waals surface area contributed by atoms with Crippen LogP contribution >= 0.6 is 23.2 Å². The fourth-order valence-corrected chi connectivity index (χ4v) is 2.81. The third-order valence-electron chi connectivity index (χ3n) is 3.43. The smallest absolute Gasteiger partial charge is 0.129 e. The Kier molecular flexibility index (Phi) is 4.96. The summed E-state index contributed by atoms with van der Waals surface area (Å²) in [4.78, 5) is 0. The van der Waals surface area contributed by atoms with Crippen molar-refractivity contribution in [2.45, 2.75) is 25.3 Å². The van der Waals surface area contributed by atoms with Crippen LogP contribution in [0.25, 0.3) is 0 Å². The first-order chi connectivity index (χ1) is 9.06. The van der Waals surface area contributed by atoms with Gasteiger partial charge in [0.05, 0.1) is 25.2 Å². The fraction of sp³-hybridized carbons (Fsp3) is 0.571. The minimum atomic E-state index is -0.164. The van der Waals surface area contributed by atoms with Gasteiger partial charge in [-0.15, -0.1) is 11.6 Å². The zero-order chi connectivity index (χ0) is 14.0. The molecule has 1 aliphatic rings. The Morgan fingerprint density at radius 1 is 1.53 bits per heavy atom. The SMILES string of the molecule is COc1c(C(C)Cl)cc(Cl)c(C)c1C1CNCCO1. The van der Waals surface area contributed by atoms with Gasteiger partial charge in [-0.1, -0.05) is 11.6 Å². The van der Waals surface area contributed by atoms with Crippen LogP contribution in [0.5, 0.6) is 5.75 Å². The van der Waals surface area contributed by atoms with Gasteiger partial charge in [-0.25, -0.2) is 0 Å². The van der Waals surface area contributed by atoms with Crippen molar-refractivity contribution < 1.29 is 9.47 Å². The molecule has 1 aliphatic heterocycles. The third-order valence-corrected chi connectivity index (χ3v) is 4.06. The van der Waals surface area contributed by atoms with E-state index >= 15 is 0 Å². The summed E-state index contributed by atoms with van der Waals surface area (Å²) in [6.45, 7) is 6.21. The number of alkyl halides is 1. The standard InChI is InChI=1S/C14H19Cl2NO2/c1-8-11(16)6-10(9(2)15)14(18-3)13(8)12-7-17-4-5-19-12/h6,9,12,17H,4-5,7H2,1-3H3. The highest BCUT2D eigenvalue weighted by atomic mass is 35.5. The summed E-state index contributed by atoms with van der Waals surface area (Å²) >= 11 is 12.5. The van der Waals surface area contributed by atoms with E-state index < -0.39 is 0 Å². The van der Waals surface area contributed by atoms with Crippen LogP contribution in [0.3, 0.4) is 0 Å². The molecular formula is C14H19Cl2NO2. The number of ether oxygens (including phenoxy) is 2. The number of halogens is 2. The van der Waals surface area contributed by atoms with Gasteiger partial charge in [0.15, 0.2) is 0 Å². The van der Waals surface area contributed by atoms with Crippen LogP contribution in [0.2, 0.25) is 5.02 Å². The van der Waals surface area contributed by atoms with E-state index in [0.29, 0.717) is 11.6 Å². The first kappa shape index (κ1) is 14.9. The van der Waals surface area contributed by atoms with E-state index in [1.165, 1.54) is 0 Å². The topological polar surface area (TPSA) is 30.5 Å². The molecule has 3 nitrogen and oxygen atoms in total. The van der Waals surface area contributed by atoms with Gasteiger partial charge in [-0.3, -0.25) is 0 Å². The minimum absolute atomic E-state index is 0.0448. The Balaban J connectivity index is 2.55. The van der Waals surface area contributed by atoms with Crippen molar-refractivity contribution in [2.75, 3.05) is 26.8 Å². The lowest BCUT2D eigenvalue weighted by Crippen LogP contribution is -2.34. The highest BCUT2D eigenvalue weighted by Gasteiger charge is 2.26. The molecule has 1 N–H and O–H groups in total. The summed E-state index contributed by atoms with van der Waals surface area (Å²) in [7, 11) is 1.66. The van der Waals surface area contributed by atoms with Crippen molar-refractivity contribution >= 4 is 23.2 Å². The number of methoxy groups -OCH3 is 1. The van der Waals surface area contributed by atoms with Crippen LogP contribution < -0.4 is 10.1 Å². The van der Waals surface area contributed by atoms with Crippen molar-refractivity contribution in [3.63, 3.8) is 0 Å². The number of morpholine rings is 1. The summed E-state index contributed by atoms with van der Waals surface area (Å²) in [5.41, 5.74) is 2.90. The maximum Gasteiger partial charge on any atom is 0.129 e. The highest BCUT2D eigenvalue weighted by molar-refractivity contribution is 6.31. The van der Waals surface area contributed by atoms with E-state index in [2.05, 4.69) is 5.32 Å². The molecule has 0 spiro atoms. The lowest BCUT2D eigenvalue weighted by molar-refractivity contribution is 0.0258. The largest absolute Gasteiger partial charge is 0.496 e. The molecule has 1 heterocycles. The normalized spacial score (nSPS) is 21.2. The first-order valence-electron chi connectivity index (χ1n) is 6.39. The summed E-state index contributed by atoms with van der Waals surface area (Å²) in [5.74, 6) is 0.790. The lowest BCUT2D eigenvalue weighted by Gasteiger charge is -2.28. The molecule has 5 heteroatoms. The summed E-state index contributed by atoms with van der Waals surface area (Å²) < 4.78 is 11.4. The number of hydrogen-bond donors (Lipinski definition) is 1. The third kappa shape index (κ3) is 3.00. The molecule has 106 valence electrons. The zero-order valence-electron chi connectivity index (χ0n) is 11.4. The molecule has 2 atom stereocenters. The molecular weight excluding hydrogens is 285 g/mol. The van der Waals surface area contributed by atoms with Gasteiger partial charge in [0.25, 0.3) is 0 Å². The molecule has 1 aromatic carbocycles. The Morgan fingerprint density at radius 3 is 2.79 bits per heavy atom. The van der Waals surface area contributed by atoms with Crippen LogP contribution in [0, 0.1) is 6.92 Å². The van der Waals surface area contributed by atoms with Gasteiger partial charge < -0.3 is 14.8 Å². The number of nitrogens with one attached hydrogen (secondary N) is 1. The van der Waals surface area contributed by atoms with E-state index in [4.69, 9.17) is 32.7 Å². The second-order valence-electron chi connectivity index (χ2n) is 4.70. The van der Waals surface area contributed by atoms with Crippen molar-refractivity contribution in [1.82, 2.24) is 5.32 Å². The molecule has 1 saturated heterocycles. The Bertz CT molecular complexity index is 457. The summed E-state index contributed by atoms with van der Waals surface area (Å²) in [5, 5.41) is 3.86. The van der Waals surface area contributed by atoms with Crippen molar-refractivity contribution in [2.24, 2.45) is 0 Å². The Morgan fingerprint density at radius 2 is 2.26 bits per heavy atom. The first-order valence-corrected chi connectivity index (χ1v) is 7.21. The summed E-state index contributed by atoms with van der Waals surface area (Å²) in [6, 6.07) is 1.88. The molecule has 1 fully saturated rings. The van der Waals surface area contributed by atoms with Gasteiger partial charge in [0.2, 0.25) is 0 Å². The van der Waals surface area contributed by atoms with E-state index in [9.17, 15) is 0 Å². The van der Waals surface area contributed by atoms with Crippen LogP contribution in [0.15, 0.2) is 6.07 Å². The monoisotopic (exact) mass is 303 g/mol. The van der Waals surface area contributed by atoms with Crippen LogP contribution in [0.4, 0.5) is 0 Å². The molecule has 0 radical (unpaired) electrons. The van der Waals surface area contributed by atoms with Gasteiger partial charge in [-0.2, -0.15) is 0 Å².